The van der Waals surface area contributed by atoms with E-state index < -0.39 is 17.5 Å². The number of aliphatic imine (C=N–C) groups is 1. The van der Waals surface area contributed by atoms with Crippen LogP contribution >= 0.6 is 11.6 Å². The second-order valence-electron chi connectivity index (χ2n) is 3.68. The average molecular weight is 246 g/mol. The third-order valence-corrected chi connectivity index (χ3v) is 2.22. The topological polar surface area (TPSA) is 72.0 Å². The zero-order chi connectivity index (χ0) is 11.7. The molecule has 2 unspecified atom stereocenters. The molecule has 0 amide bonds. The number of ether oxygens (including phenoxy) is 1. The number of carbonyl (C=O) groups is 1. The van der Waals surface area contributed by atoms with Crippen LogP contribution < -0.4 is 10.8 Å². The highest BCUT2D eigenvalue weighted by Gasteiger charge is 2.37. The van der Waals surface area contributed by atoms with E-state index in [1.165, 1.54) is 6.21 Å². The van der Waals surface area contributed by atoms with Gasteiger partial charge in [-0.3, -0.25) is 0 Å². The number of hydrogen-bond acceptors (Lipinski definition) is 6. The molecular weight excluding hydrogens is 234 g/mol. The molecule has 16 heavy (non-hydrogen) atoms. The third-order valence-electron chi connectivity index (χ3n) is 2.00. The van der Waals surface area contributed by atoms with E-state index in [2.05, 4.69) is 15.8 Å². The van der Waals surface area contributed by atoms with Crippen molar-refractivity contribution >= 4 is 23.8 Å². The molecule has 0 aromatic heterocycles. The van der Waals surface area contributed by atoms with Gasteiger partial charge in [0.15, 0.2) is 6.04 Å². The number of alkyl halides is 1. The molecule has 88 valence electrons. The lowest BCUT2D eigenvalue weighted by molar-refractivity contribution is -0.150. The van der Waals surface area contributed by atoms with Crippen LogP contribution in [-0.4, -0.2) is 29.8 Å². The molecule has 0 fully saturated rings. The van der Waals surface area contributed by atoms with Crippen LogP contribution in [0.5, 0.6) is 0 Å². The number of esters is 1. The molecule has 2 aliphatic heterocycles. The van der Waals surface area contributed by atoms with Crippen LogP contribution in [-0.2, 0) is 14.4 Å². The molecule has 7 heteroatoms. The standard InChI is InChI=1S/C9H12ClN3O3/c1-4(2)15-9(14)7-6-8(16-13-7)11-3-5(10)12-6/h3-5,7,12-13H,1-2H3. The maximum absolute atomic E-state index is 11.7. The van der Waals surface area contributed by atoms with Gasteiger partial charge in [-0.15, -0.1) is 5.48 Å². The van der Waals surface area contributed by atoms with Crippen molar-refractivity contribution in [1.29, 1.82) is 0 Å². The van der Waals surface area contributed by atoms with Gasteiger partial charge < -0.3 is 14.9 Å². The van der Waals surface area contributed by atoms with Crippen LogP contribution in [0.4, 0.5) is 0 Å². The molecule has 2 aliphatic rings. The van der Waals surface area contributed by atoms with Gasteiger partial charge in [-0.25, -0.2) is 9.79 Å². The Morgan fingerprint density at radius 3 is 3.12 bits per heavy atom. The Kier molecular flexibility index (Phi) is 3.02. The summed E-state index contributed by atoms with van der Waals surface area (Å²) in [6, 6.07) is -0.698. The minimum Gasteiger partial charge on any atom is -0.461 e. The molecule has 0 aromatic carbocycles. The molecule has 0 radical (unpaired) electrons. The summed E-state index contributed by atoms with van der Waals surface area (Å²) in [5.74, 6) is -0.101. The molecule has 0 saturated heterocycles. The highest BCUT2D eigenvalue weighted by atomic mass is 35.5. The largest absolute Gasteiger partial charge is 0.461 e. The predicted molar refractivity (Wildman–Crippen MR) is 57.5 cm³/mol. The van der Waals surface area contributed by atoms with E-state index >= 15 is 0 Å². The second-order valence-corrected chi connectivity index (χ2v) is 4.15. The van der Waals surface area contributed by atoms with Gasteiger partial charge in [0.2, 0.25) is 0 Å². The number of rotatable bonds is 2. The highest BCUT2D eigenvalue weighted by Crippen LogP contribution is 2.21. The van der Waals surface area contributed by atoms with Crippen molar-refractivity contribution in [2.45, 2.75) is 31.5 Å². The molecule has 2 atom stereocenters. The first-order chi connectivity index (χ1) is 7.58. The molecule has 0 aliphatic carbocycles. The average Bonchev–Trinajstić information content (AvgIpc) is 2.59. The van der Waals surface area contributed by atoms with Crippen molar-refractivity contribution in [3.05, 3.63) is 11.6 Å². The molecule has 0 saturated carbocycles. The van der Waals surface area contributed by atoms with Gasteiger partial charge in [-0.2, -0.15) is 0 Å². The van der Waals surface area contributed by atoms with Crippen molar-refractivity contribution in [2.75, 3.05) is 0 Å². The van der Waals surface area contributed by atoms with Crippen molar-refractivity contribution in [3.63, 3.8) is 0 Å². The van der Waals surface area contributed by atoms with E-state index in [1.807, 2.05) is 0 Å². The van der Waals surface area contributed by atoms with Gasteiger partial charge >= 0.3 is 5.97 Å². The van der Waals surface area contributed by atoms with E-state index in [1.54, 1.807) is 13.8 Å². The summed E-state index contributed by atoms with van der Waals surface area (Å²) in [5.41, 5.74) is 2.60. The fourth-order valence-corrected chi connectivity index (χ4v) is 1.55. The predicted octanol–water partition coefficient (Wildman–Crippen LogP) is 0.249. The molecule has 6 nitrogen and oxygen atoms in total. The lowest BCUT2D eigenvalue weighted by atomic mass is 10.2. The Morgan fingerprint density at radius 1 is 1.69 bits per heavy atom. The number of nitrogens with one attached hydrogen (secondary N) is 2. The van der Waals surface area contributed by atoms with Crippen LogP contribution in [0.2, 0.25) is 0 Å². The fourth-order valence-electron chi connectivity index (χ4n) is 1.38. The van der Waals surface area contributed by atoms with Crippen molar-refractivity contribution in [2.24, 2.45) is 4.99 Å². The van der Waals surface area contributed by atoms with E-state index in [4.69, 9.17) is 21.2 Å². The lowest BCUT2D eigenvalue weighted by Gasteiger charge is -2.17. The highest BCUT2D eigenvalue weighted by molar-refractivity contribution is 6.28. The molecule has 2 heterocycles. The first-order valence-corrected chi connectivity index (χ1v) is 5.33. The number of carbonyl (C=O) groups excluding carboxylic acids is 1. The molecule has 0 spiro atoms. The first kappa shape index (κ1) is 11.2. The van der Waals surface area contributed by atoms with Gasteiger partial charge in [-0.1, -0.05) is 11.6 Å². The van der Waals surface area contributed by atoms with E-state index in [0.717, 1.165) is 0 Å². The maximum Gasteiger partial charge on any atom is 0.333 e. The SMILES string of the molecule is CC(C)OC(=O)C1NOC2=C1NC(Cl)C=N2. The van der Waals surface area contributed by atoms with Crippen LogP contribution in [0.25, 0.3) is 0 Å². The Hall–Kier alpha value is -1.27. The fraction of sp³-hybridized carbons (Fsp3) is 0.556. The summed E-state index contributed by atoms with van der Waals surface area (Å²) < 4.78 is 5.07. The van der Waals surface area contributed by atoms with Crippen LogP contribution in [0.15, 0.2) is 16.6 Å². The zero-order valence-corrected chi connectivity index (χ0v) is 9.62. The Bertz CT molecular complexity index is 367. The van der Waals surface area contributed by atoms with E-state index in [9.17, 15) is 4.79 Å². The zero-order valence-electron chi connectivity index (χ0n) is 8.86. The first-order valence-electron chi connectivity index (χ1n) is 4.89. The van der Waals surface area contributed by atoms with Crippen molar-refractivity contribution in [1.82, 2.24) is 10.8 Å². The number of halogens is 1. The number of nitrogens with zero attached hydrogens (tertiary/aromatic N) is 1. The third kappa shape index (κ3) is 2.12. The van der Waals surface area contributed by atoms with Gasteiger partial charge in [0.05, 0.1) is 6.10 Å². The van der Waals surface area contributed by atoms with Gasteiger partial charge in [0.1, 0.15) is 11.2 Å². The maximum atomic E-state index is 11.7. The summed E-state index contributed by atoms with van der Waals surface area (Å²) in [5, 5.41) is 2.89. The van der Waals surface area contributed by atoms with Crippen LogP contribution in [0.3, 0.4) is 0 Å². The van der Waals surface area contributed by atoms with E-state index in [0.29, 0.717) is 11.6 Å². The summed E-state index contributed by atoms with van der Waals surface area (Å²) in [6.45, 7) is 3.56. The molecular formula is C9H12ClN3O3. The van der Waals surface area contributed by atoms with Gasteiger partial charge in [-0.05, 0) is 13.8 Å². The number of hydrogen-bond donors (Lipinski definition) is 2. The summed E-state index contributed by atoms with van der Waals surface area (Å²) in [4.78, 5) is 20.7. The smallest absolute Gasteiger partial charge is 0.333 e. The minimum atomic E-state index is -0.698. The quantitative estimate of drug-likeness (QED) is 0.415. The van der Waals surface area contributed by atoms with Crippen LogP contribution in [0.1, 0.15) is 13.8 Å². The van der Waals surface area contributed by atoms with Crippen molar-refractivity contribution in [3.8, 4) is 0 Å². The lowest BCUT2D eigenvalue weighted by Crippen LogP contribution is -2.42. The molecule has 0 aromatic rings. The van der Waals surface area contributed by atoms with Gasteiger partial charge in [0, 0.05) is 6.21 Å². The second kappa shape index (κ2) is 4.31. The minimum absolute atomic E-state index is 0.183. The monoisotopic (exact) mass is 245 g/mol. The Balaban J connectivity index is 2.11. The number of hydroxylamine groups is 1. The van der Waals surface area contributed by atoms with E-state index in [-0.39, 0.29) is 6.10 Å². The molecule has 2 rings (SSSR count). The summed E-state index contributed by atoms with van der Waals surface area (Å²) in [7, 11) is 0. The Labute approximate surface area is 97.6 Å². The summed E-state index contributed by atoms with van der Waals surface area (Å²) in [6.07, 6.45) is 1.30. The summed E-state index contributed by atoms with van der Waals surface area (Å²) >= 11 is 5.83. The van der Waals surface area contributed by atoms with Crippen molar-refractivity contribution < 1.29 is 14.4 Å². The normalized spacial score (nSPS) is 27.5. The Morgan fingerprint density at radius 2 is 2.44 bits per heavy atom. The van der Waals surface area contributed by atoms with Crippen LogP contribution in [0, 0.1) is 0 Å². The van der Waals surface area contributed by atoms with Gasteiger partial charge in [0.25, 0.3) is 5.88 Å². The molecule has 2 N–H and O–H groups in total. The molecule has 0 bridgehead atoms.